The fraction of sp³-hybridized carbons (Fsp3) is 0.546. The van der Waals surface area contributed by atoms with Gasteiger partial charge in [-0.25, -0.2) is 19.2 Å². The van der Waals surface area contributed by atoms with Crippen molar-refractivity contribution in [2.75, 3.05) is 157 Å². The third-order valence-corrected chi connectivity index (χ3v) is 24.3. The second-order valence-electron chi connectivity index (χ2n) is 33.0. The fourth-order valence-corrected chi connectivity index (χ4v) is 17.0. The normalized spacial score (nSPS) is 20.8. The lowest BCUT2D eigenvalue weighted by molar-refractivity contribution is -0.138. The molecule has 0 radical (unpaired) electrons. The Morgan fingerprint density at radius 1 is 0.308 bits per heavy atom. The predicted molar refractivity (Wildman–Crippen MR) is 563 cm³/mol. The minimum Gasteiger partial charge on any atom is -0.481 e. The molecule has 4 fully saturated rings. The minimum absolute atomic E-state index is 0. The van der Waals surface area contributed by atoms with E-state index in [1.54, 1.807) is 0 Å². The van der Waals surface area contributed by atoms with E-state index in [9.17, 15) is 89.4 Å². The number of benzene rings is 4. The number of halogens is 8. The number of carboxylic acid groups (broad SMARTS) is 2. The average molecular weight is 2220 g/mol. The topological polar surface area (TPSA) is 624 Å². The zero-order valence-corrected chi connectivity index (χ0v) is 84.4. The van der Waals surface area contributed by atoms with Crippen molar-refractivity contribution in [3.63, 3.8) is 0 Å². The smallest absolute Gasteiger partial charge is 0.351 e. The van der Waals surface area contributed by atoms with Crippen molar-refractivity contribution in [2.24, 2.45) is 0 Å². The molecule has 12 rings (SSSR count). The number of aliphatic hydroxyl groups excluding tert-OH is 12. The molecular weight excluding hydrogens is 2080 g/mol. The molecule has 4 saturated heterocycles. The second-order valence-corrected chi connectivity index (χ2v) is 36.0. The fourth-order valence-electron chi connectivity index (χ4n) is 15.4. The number of hydrogen-bond donors (Lipinski definition) is 16. The van der Waals surface area contributed by atoms with Crippen LogP contribution >= 0.6 is 92.8 Å². The van der Waals surface area contributed by atoms with E-state index in [4.69, 9.17) is 144 Å². The highest BCUT2D eigenvalue weighted by Gasteiger charge is 2.47. The Bertz CT molecular complexity index is 5010. The highest BCUT2D eigenvalue weighted by atomic mass is 35.5. The van der Waals surface area contributed by atoms with E-state index >= 15 is 0 Å². The summed E-state index contributed by atoms with van der Waals surface area (Å²) in [5.74, 6) is 2.91. The van der Waals surface area contributed by atoms with Crippen molar-refractivity contribution in [1.82, 2.24) is 38.2 Å². The predicted octanol–water partition coefficient (Wildman–Crippen LogP) is 5.26. The number of alkyl halides is 8. The van der Waals surface area contributed by atoms with Crippen LogP contribution in [-0.4, -0.2) is 338 Å². The van der Waals surface area contributed by atoms with Gasteiger partial charge in [-0.1, -0.05) is 70.8 Å². The number of aromatic nitrogens is 8. The van der Waals surface area contributed by atoms with Crippen molar-refractivity contribution < 1.29 is 115 Å². The van der Waals surface area contributed by atoms with Gasteiger partial charge in [0.05, 0.1) is 37.8 Å². The van der Waals surface area contributed by atoms with E-state index < -0.39 is 159 Å². The monoisotopic (exact) mass is 2210 g/mol. The third-order valence-electron chi connectivity index (χ3n) is 23.0. The molecule has 4 aromatic heterocycles. The molecule has 146 heavy (non-hydrogen) atoms. The van der Waals surface area contributed by atoms with Crippen LogP contribution in [0.1, 0.15) is 132 Å². The first kappa shape index (κ1) is 131. The van der Waals surface area contributed by atoms with Crippen LogP contribution in [0.15, 0.2) is 165 Å². The van der Waals surface area contributed by atoms with Crippen molar-refractivity contribution in [3.8, 4) is 0 Å². The highest BCUT2D eigenvalue weighted by molar-refractivity contribution is 6.20. The SMILES string of the molecule is C.C.C.Nc1ccn(C2OC(CO)C(O)C2O)c(=O)n1.Nc1ccn(C2OC(CO)C(O)C2O)c(=O)n1.O.O=C(CCCc1ccc(N(CCCl)CCCl)cc1)Cc1ccn(C2OC(CO)C(O)C2O)c(=O)n1.O=C(CCCc1ccc(N(CCCl)CCCl)cc1)Cc1ccn(C2OC(CO)C(O)C2O)c(=O)n1.O=C(O)CCCc1ccc(N(CCCl)CCCl)cc1.O=C(O)CCCc1ccc(N(CCCl)CCCl)cc1. The van der Waals surface area contributed by atoms with Gasteiger partial charge in [0.2, 0.25) is 0 Å². The van der Waals surface area contributed by atoms with Crippen LogP contribution in [0.2, 0.25) is 0 Å². The molecule has 8 heterocycles. The maximum Gasteiger partial charge on any atom is 0.351 e. The molecule has 0 amide bonds. The summed E-state index contributed by atoms with van der Waals surface area (Å²) in [7, 11) is 0. The maximum atomic E-state index is 12.4. The Kier molecular flexibility index (Phi) is 62.5. The summed E-state index contributed by atoms with van der Waals surface area (Å²) < 4.78 is 25.2. The Morgan fingerprint density at radius 2 is 0.507 bits per heavy atom. The number of ketones is 2. The number of rotatable bonds is 48. The van der Waals surface area contributed by atoms with Gasteiger partial charge in [0, 0.05) is 185 Å². The third kappa shape index (κ3) is 41.1. The molecule has 4 aliphatic rings. The number of nitrogens with two attached hydrogens (primary N) is 2. The van der Waals surface area contributed by atoms with Gasteiger partial charge in [-0.15, -0.1) is 92.8 Å². The van der Waals surface area contributed by atoms with Crippen LogP contribution in [0.3, 0.4) is 0 Å². The Balaban J connectivity index is 0.000000461. The first-order valence-corrected chi connectivity index (χ1v) is 50.1. The molecule has 0 saturated carbocycles. The van der Waals surface area contributed by atoms with Gasteiger partial charge >= 0.3 is 34.7 Å². The summed E-state index contributed by atoms with van der Waals surface area (Å²) in [6.45, 7) is 4.08. The van der Waals surface area contributed by atoms with Crippen LogP contribution in [0, 0.1) is 0 Å². The van der Waals surface area contributed by atoms with E-state index in [-0.39, 0.29) is 76.6 Å². The number of carbonyl (C=O) groups excluding carboxylic acids is 2. The van der Waals surface area contributed by atoms with Crippen molar-refractivity contribution >= 4 is 151 Å². The standard InChI is InChI=1S/2C24H31Cl2N3O6.2C14H19Cl2NO2.2C9H13N3O5.3CH4.H2O/c2*25-9-12-28(13-10-26)18-6-4-16(5-7-18)2-1-3-19(31)14-17-8-11-29(24(34)27-17)23-22(33)21(32)20(15-30)35-23;2*15-8-10-17(11-9-16)13-6-4-12(5-7-13)2-1-3-14(18)19;2*10-5-1-2-12(9(16)11-5)8-7(15)6(14)4(3-13)17-8;;;;/h2*4-8,11,20-23,30,32-33H,1-3,9-10,12-15H2;2*4-7H,1-3,8-11H2,(H,18,19);2*1-2,4,6-8,13-15H,3H2,(H2,10,11,16);3*1H4;1H2. The number of carboxylic acids is 2. The van der Waals surface area contributed by atoms with Crippen LogP contribution in [0.4, 0.5) is 34.4 Å². The molecule has 16 atom stereocenters. The summed E-state index contributed by atoms with van der Waals surface area (Å²) in [5.41, 5.74) is 17.4. The minimum atomic E-state index is -1.38. The number of carbonyl (C=O) groups is 4. The number of aryl methyl sites for hydroxylation is 4. The zero-order chi connectivity index (χ0) is 104. The zero-order valence-electron chi connectivity index (χ0n) is 78.3. The van der Waals surface area contributed by atoms with E-state index in [1.165, 1.54) is 49.1 Å². The number of aliphatic carboxylic acids is 2. The lowest BCUT2D eigenvalue weighted by Gasteiger charge is -2.23. The molecule has 49 heteroatoms. The van der Waals surface area contributed by atoms with Crippen LogP contribution in [0.25, 0.3) is 0 Å². The molecule has 8 aromatic rings. The number of nitrogen functional groups attached to an aromatic ring is 2. The number of nitrogens with zero attached hydrogens (tertiary/aromatic N) is 12. The molecule has 0 aliphatic carbocycles. The summed E-state index contributed by atoms with van der Waals surface area (Å²) >= 11 is 46.5. The Hall–Kier alpha value is -8.88. The summed E-state index contributed by atoms with van der Waals surface area (Å²) in [4.78, 5) is 117. The molecule has 41 nitrogen and oxygen atoms in total. The van der Waals surface area contributed by atoms with Gasteiger partial charge < -0.3 is 127 Å². The maximum absolute atomic E-state index is 12.4. The second kappa shape index (κ2) is 69.5. The van der Waals surface area contributed by atoms with Gasteiger partial charge in [-0.05, 0) is 146 Å². The number of aliphatic hydroxyl groups is 12. The van der Waals surface area contributed by atoms with E-state index in [2.05, 4.69) is 39.5 Å². The number of hydrogen-bond acceptors (Lipinski definition) is 34. The average Bonchev–Trinajstić information content (AvgIpc) is 1.67. The van der Waals surface area contributed by atoms with Crippen molar-refractivity contribution in [1.29, 1.82) is 0 Å². The van der Waals surface area contributed by atoms with Crippen LogP contribution in [-0.2, 0) is 76.7 Å². The number of Topliss-reactive ketones (excluding diaryl/α,β-unsaturated/α-hetero) is 2. The number of anilines is 6. The Labute approximate surface area is 887 Å². The van der Waals surface area contributed by atoms with Crippen LogP contribution < -0.4 is 53.8 Å². The molecule has 4 aliphatic heterocycles. The number of ether oxygens (including phenoxy) is 4. The molecule has 0 bridgehead atoms. The van der Waals surface area contributed by atoms with Gasteiger partial charge in [0.15, 0.2) is 24.9 Å². The van der Waals surface area contributed by atoms with Crippen molar-refractivity contribution in [2.45, 2.75) is 210 Å². The summed E-state index contributed by atoms with van der Waals surface area (Å²) in [6.07, 6.45) is -6.53. The van der Waals surface area contributed by atoms with Crippen LogP contribution in [0.5, 0.6) is 0 Å². The summed E-state index contributed by atoms with van der Waals surface area (Å²) in [5, 5.41) is 132. The molecule has 20 N–H and O–H groups in total. The van der Waals surface area contributed by atoms with E-state index in [0.717, 1.165) is 141 Å². The van der Waals surface area contributed by atoms with E-state index in [1.807, 2.05) is 97.1 Å². The van der Waals surface area contributed by atoms with Gasteiger partial charge in [0.1, 0.15) is 96.4 Å². The molecule has 0 spiro atoms. The van der Waals surface area contributed by atoms with Gasteiger partial charge in [-0.2, -0.15) is 19.9 Å². The largest absolute Gasteiger partial charge is 0.481 e. The molecule has 4 aromatic carbocycles. The molecule has 816 valence electrons. The van der Waals surface area contributed by atoms with Crippen molar-refractivity contribution in [3.05, 3.63) is 222 Å². The lowest BCUT2D eigenvalue weighted by Crippen LogP contribution is -2.36. The first-order chi connectivity index (χ1) is 68.2. The van der Waals surface area contributed by atoms with E-state index in [0.29, 0.717) is 97.0 Å². The highest BCUT2D eigenvalue weighted by Crippen LogP contribution is 2.33. The first-order valence-electron chi connectivity index (χ1n) is 45.8. The van der Waals surface area contributed by atoms with Gasteiger partial charge in [0.25, 0.3) is 0 Å². The lowest BCUT2D eigenvalue weighted by atomic mass is 10.0. The summed E-state index contributed by atoms with van der Waals surface area (Å²) in [6, 6.07) is 38.3. The van der Waals surface area contributed by atoms with Gasteiger partial charge in [-0.3, -0.25) is 37.4 Å². The molecule has 16 unspecified atom stereocenters. The Morgan fingerprint density at radius 3 is 0.685 bits per heavy atom. The quantitative estimate of drug-likeness (QED) is 0.0216. The molecular formula is C97H140Cl8N14O27.